The molecule has 0 aliphatic rings. The average molecular weight is 257 g/mol. The Balaban J connectivity index is 2.06. The van der Waals surface area contributed by atoms with E-state index in [1.165, 1.54) is 27.1 Å². The summed E-state index contributed by atoms with van der Waals surface area (Å²) in [6, 6.07) is 20.9. The first-order valence-corrected chi connectivity index (χ1v) is 6.72. The maximum absolute atomic E-state index is 5.94. The number of aromatic amines is 1. The molecule has 0 amide bonds. The molecular formula is C18H11NO. The number of benzene rings is 3. The first-order chi connectivity index (χ1) is 9.90. The van der Waals surface area contributed by atoms with Crippen LogP contribution in [0, 0.1) is 0 Å². The summed E-state index contributed by atoms with van der Waals surface area (Å²) in [4.78, 5) is 3.45. The van der Waals surface area contributed by atoms with Crippen molar-refractivity contribution < 1.29 is 4.42 Å². The third-order valence-electron chi connectivity index (χ3n) is 4.00. The van der Waals surface area contributed by atoms with E-state index in [2.05, 4.69) is 53.5 Å². The number of aromatic nitrogens is 1. The van der Waals surface area contributed by atoms with Gasteiger partial charge in [0.1, 0.15) is 11.2 Å². The van der Waals surface area contributed by atoms with Crippen LogP contribution < -0.4 is 0 Å². The van der Waals surface area contributed by atoms with Gasteiger partial charge in [0.15, 0.2) is 0 Å². The van der Waals surface area contributed by atoms with Gasteiger partial charge in [-0.3, -0.25) is 0 Å². The van der Waals surface area contributed by atoms with Gasteiger partial charge in [0, 0.05) is 33.1 Å². The Morgan fingerprint density at radius 3 is 2.35 bits per heavy atom. The number of hydrogen-bond donors (Lipinski definition) is 1. The van der Waals surface area contributed by atoms with Gasteiger partial charge < -0.3 is 9.40 Å². The molecule has 0 saturated heterocycles. The van der Waals surface area contributed by atoms with Crippen LogP contribution in [0.5, 0.6) is 0 Å². The van der Waals surface area contributed by atoms with Gasteiger partial charge in [0.2, 0.25) is 0 Å². The lowest BCUT2D eigenvalue weighted by Crippen LogP contribution is -1.69. The van der Waals surface area contributed by atoms with Crippen LogP contribution in [0.2, 0.25) is 0 Å². The van der Waals surface area contributed by atoms with E-state index in [-0.39, 0.29) is 0 Å². The highest BCUT2D eigenvalue weighted by atomic mass is 16.3. The topological polar surface area (TPSA) is 28.9 Å². The van der Waals surface area contributed by atoms with E-state index in [1.807, 2.05) is 12.1 Å². The molecule has 1 N–H and O–H groups in total. The Morgan fingerprint density at radius 1 is 0.600 bits per heavy atom. The minimum atomic E-state index is 0.935. The molecule has 0 aliphatic heterocycles. The molecule has 5 aromatic rings. The second-order valence-corrected chi connectivity index (χ2v) is 5.16. The number of nitrogens with one attached hydrogen (secondary N) is 1. The summed E-state index contributed by atoms with van der Waals surface area (Å²) in [5, 5.41) is 4.86. The number of furan rings is 1. The van der Waals surface area contributed by atoms with Crippen LogP contribution >= 0.6 is 0 Å². The van der Waals surface area contributed by atoms with Crippen molar-refractivity contribution in [1.29, 1.82) is 0 Å². The van der Waals surface area contributed by atoms with Crippen LogP contribution in [-0.4, -0.2) is 4.98 Å². The fourth-order valence-electron chi connectivity index (χ4n) is 3.07. The summed E-state index contributed by atoms with van der Waals surface area (Å²) in [5.74, 6) is 0. The van der Waals surface area contributed by atoms with Gasteiger partial charge >= 0.3 is 0 Å². The predicted octanol–water partition coefficient (Wildman–Crippen LogP) is 5.22. The third-order valence-corrected chi connectivity index (χ3v) is 4.00. The van der Waals surface area contributed by atoms with Crippen LogP contribution in [0.3, 0.4) is 0 Å². The smallest absolute Gasteiger partial charge is 0.137 e. The second kappa shape index (κ2) is 3.42. The second-order valence-electron chi connectivity index (χ2n) is 5.16. The summed E-state index contributed by atoms with van der Waals surface area (Å²) < 4.78 is 5.94. The molecule has 0 saturated carbocycles. The van der Waals surface area contributed by atoms with Crippen molar-refractivity contribution in [3.05, 3.63) is 60.7 Å². The minimum Gasteiger partial charge on any atom is -0.456 e. The highest BCUT2D eigenvalue weighted by Gasteiger charge is 2.10. The highest BCUT2D eigenvalue weighted by molar-refractivity contribution is 6.16. The van der Waals surface area contributed by atoms with Crippen molar-refractivity contribution in [2.45, 2.75) is 0 Å². The quantitative estimate of drug-likeness (QED) is 0.405. The first-order valence-electron chi connectivity index (χ1n) is 6.72. The summed E-state index contributed by atoms with van der Waals surface area (Å²) in [7, 11) is 0. The maximum Gasteiger partial charge on any atom is 0.137 e. The molecule has 0 bridgehead atoms. The predicted molar refractivity (Wildman–Crippen MR) is 83.1 cm³/mol. The molecule has 0 radical (unpaired) electrons. The van der Waals surface area contributed by atoms with E-state index in [1.54, 1.807) is 0 Å². The van der Waals surface area contributed by atoms with E-state index < -0.39 is 0 Å². The molecule has 0 fully saturated rings. The minimum absolute atomic E-state index is 0.935. The Kier molecular flexibility index (Phi) is 1.73. The Hall–Kier alpha value is -2.74. The Bertz CT molecular complexity index is 1010. The van der Waals surface area contributed by atoms with Gasteiger partial charge in [-0.2, -0.15) is 0 Å². The lowest BCUT2D eigenvalue weighted by Gasteiger charge is -1.92. The number of hydrogen-bond acceptors (Lipinski definition) is 1. The Labute approximate surface area is 114 Å². The monoisotopic (exact) mass is 257 g/mol. The van der Waals surface area contributed by atoms with Gasteiger partial charge in [0.05, 0.1) is 5.52 Å². The fourth-order valence-corrected chi connectivity index (χ4v) is 3.07. The molecule has 2 heterocycles. The Morgan fingerprint density at radius 2 is 1.40 bits per heavy atom. The average Bonchev–Trinajstić information content (AvgIpc) is 3.02. The lowest BCUT2D eigenvalue weighted by atomic mass is 10.1. The normalized spacial score (nSPS) is 12.0. The number of para-hydroxylation sites is 2. The number of H-pyrrole nitrogens is 1. The lowest BCUT2D eigenvalue weighted by molar-refractivity contribution is 0.669. The molecule has 0 spiro atoms. The molecule has 2 nitrogen and oxygen atoms in total. The molecule has 5 rings (SSSR count). The SMILES string of the molecule is c1ccc2c(c1)[nH]c1cc3oc4ccccc4c3cc12. The van der Waals surface area contributed by atoms with E-state index in [0.29, 0.717) is 0 Å². The zero-order chi connectivity index (χ0) is 13.1. The summed E-state index contributed by atoms with van der Waals surface area (Å²) >= 11 is 0. The van der Waals surface area contributed by atoms with Crippen LogP contribution in [0.15, 0.2) is 65.1 Å². The fraction of sp³-hybridized carbons (Fsp3) is 0. The zero-order valence-corrected chi connectivity index (χ0v) is 10.7. The molecule has 2 aromatic heterocycles. The van der Waals surface area contributed by atoms with Crippen LogP contribution in [0.4, 0.5) is 0 Å². The summed E-state index contributed by atoms with van der Waals surface area (Å²) in [6.07, 6.45) is 0. The van der Waals surface area contributed by atoms with E-state index in [9.17, 15) is 0 Å². The van der Waals surface area contributed by atoms with Crippen LogP contribution in [-0.2, 0) is 0 Å². The molecule has 0 atom stereocenters. The molecule has 3 aromatic carbocycles. The highest BCUT2D eigenvalue weighted by Crippen LogP contribution is 2.34. The van der Waals surface area contributed by atoms with Crippen molar-refractivity contribution >= 4 is 43.7 Å². The molecule has 94 valence electrons. The van der Waals surface area contributed by atoms with Crippen molar-refractivity contribution in [2.24, 2.45) is 0 Å². The van der Waals surface area contributed by atoms with Crippen molar-refractivity contribution in [3.8, 4) is 0 Å². The van der Waals surface area contributed by atoms with Crippen molar-refractivity contribution in [3.63, 3.8) is 0 Å². The van der Waals surface area contributed by atoms with Gasteiger partial charge in [-0.1, -0.05) is 36.4 Å². The van der Waals surface area contributed by atoms with Gasteiger partial charge in [-0.05, 0) is 18.2 Å². The zero-order valence-electron chi connectivity index (χ0n) is 10.7. The largest absolute Gasteiger partial charge is 0.456 e. The molecule has 20 heavy (non-hydrogen) atoms. The molecule has 2 heteroatoms. The summed E-state index contributed by atoms with van der Waals surface area (Å²) in [5.41, 5.74) is 4.17. The first kappa shape index (κ1) is 10.1. The number of fused-ring (bicyclic) bond motifs is 6. The maximum atomic E-state index is 5.94. The molecule has 0 aliphatic carbocycles. The van der Waals surface area contributed by atoms with Crippen LogP contribution in [0.1, 0.15) is 0 Å². The third kappa shape index (κ3) is 1.18. The standard InChI is InChI=1S/C18H11NO/c1-3-7-15-11(5-1)13-9-14-12-6-2-4-8-17(12)20-18(14)10-16(13)19-15/h1-10,19H. The van der Waals surface area contributed by atoms with Gasteiger partial charge in [0.25, 0.3) is 0 Å². The van der Waals surface area contributed by atoms with E-state index >= 15 is 0 Å². The van der Waals surface area contributed by atoms with Crippen LogP contribution in [0.25, 0.3) is 43.7 Å². The van der Waals surface area contributed by atoms with Gasteiger partial charge in [-0.15, -0.1) is 0 Å². The molecule has 0 unspecified atom stereocenters. The van der Waals surface area contributed by atoms with E-state index in [0.717, 1.165) is 16.7 Å². The van der Waals surface area contributed by atoms with Crippen molar-refractivity contribution in [2.75, 3.05) is 0 Å². The molecular weight excluding hydrogens is 246 g/mol. The number of rotatable bonds is 0. The van der Waals surface area contributed by atoms with E-state index in [4.69, 9.17) is 4.42 Å². The van der Waals surface area contributed by atoms with Crippen molar-refractivity contribution in [1.82, 2.24) is 4.98 Å². The summed E-state index contributed by atoms with van der Waals surface area (Å²) in [6.45, 7) is 0. The van der Waals surface area contributed by atoms with Gasteiger partial charge in [-0.25, -0.2) is 0 Å².